The molecule has 0 bridgehead atoms. The van der Waals surface area contributed by atoms with Crippen LogP contribution in [0.15, 0.2) is 22.7 Å². The zero-order chi connectivity index (χ0) is 19.3. The van der Waals surface area contributed by atoms with Crippen molar-refractivity contribution in [2.75, 3.05) is 13.1 Å². The van der Waals surface area contributed by atoms with Gasteiger partial charge in [-0.15, -0.1) is 0 Å². The van der Waals surface area contributed by atoms with Crippen molar-refractivity contribution in [3.05, 3.63) is 35.7 Å². The van der Waals surface area contributed by atoms with E-state index >= 15 is 0 Å². The Morgan fingerprint density at radius 1 is 1.19 bits per heavy atom. The topological polar surface area (TPSA) is 95.7 Å². The van der Waals surface area contributed by atoms with Gasteiger partial charge in [-0.2, -0.15) is 18.2 Å². The highest BCUT2D eigenvalue weighted by molar-refractivity contribution is 5.70. The molecule has 0 atom stereocenters. The summed E-state index contributed by atoms with van der Waals surface area (Å²) in [5, 5.41) is 14.9. The molecule has 1 fully saturated rings. The Kier molecular flexibility index (Phi) is 6.24. The molecule has 11 heteroatoms. The maximum Gasteiger partial charge on any atom is 0.430 e. The largest absolute Gasteiger partial charge is 0.542 e. The molecule has 0 spiro atoms. The summed E-state index contributed by atoms with van der Waals surface area (Å²) in [4.78, 5) is 13.1. The highest BCUT2D eigenvalue weighted by Gasteiger charge is 2.28. The summed E-state index contributed by atoms with van der Waals surface area (Å²) >= 11 is 0. The number of aromatic nitrogens is 2. The van der Waals surface area contributed by atoms with Crippen molar-refractivity contribution in [3.63, 3.8) is 0 Å². The van der Waals surface area contributed by atoms with Gasteiger partial charge in [-0.1, -0.05) is 5.16 Å². The van der Waals surface area contributed by atoms with Gasteiger partial charge in [0.05, 0.1) is 13.1 Å². The lowest BCUT2D eigenvalue weighted by molar-refractivity contribution is -0.663. The molecule has 0 amide bonds. The molecule has 1 saturated heterocycles. The highest BCUT2D eigenvalue weighted by Crippen LogP contribution is 2.25. The van der Waals surface area contributed by atoms with Gasteiger partial charge in [-0.05, 0) is 18.2 Å². The summed E-state index contributed by atoms with van der Waals surface area (Å²) in [6.07, 6.45) is -3.20. The predicted molar refractivity (Wildman–Crippen MR) is 74.3 cm³/mol. The second kappa shape index (κ2) is 8.21. The predicted octanol–water partition coefficient (Wildman–Crippen LogP) is 0.754. The first-order valence-corrected chi connectivity index (χ1v) is 7.57. The van der Waals surface area contributed by atoms with E-state index in [2.05, 4.69) is 15.5 Å². The minimum atomic E-state index is -5.19. The van der Waals surface area contributed by atoms with E-state index in [0.29, 0.717) is 17.3 Å². The lowest BCUT2D eigenvalue weighted by Crippen LogP contribution is -2.86. The summed E-state index contributed by atoms with van der Waals surface area (Å²) in [5.41, 5.74) is 0.427. The van der Waals surface area contributed by atoms with E-state index in [-0.39, 0.29) is 5.92 Å². The Bertz CT molecular complexity index is 757. The van der Waals surface area contributed by atoms with Crippen LogP contribution in [-0.2, 0) is 4.79 Å². The lowest BCUT2D eigenvalue weighted by atomic mass is 9.98. The number of benzene rings is 1. The van der Waals surface area contributed by atoms with E-state index < -0.39 is 23.8 Å². The van der Waals surface area contributed by atoms with Gasteiger partial charge < -0.3 is 19.7 Å². The van der Waals surface area contributed by atoms with Crippen LogP contribution in [0.3, 0.4) is 0 Å². The summed E-state index contributed by atoms with van der Waals surface area (Å²) in [5.74, 6) is -3.62. The molecule has 3 rings (SSSR count). The monoisotopic (exact) mass is 379 g/mol. The number of rotatable bonds is 2. The molecule has 1 aliphatic rings. The Morgan fingerprint density at radius 3 is 2.35 bits per heavy atom. The highest BCUT2D eigenvalue weighted by atomic mass is 19.4. The third-order valence-corrected chi connectivity index (χ3v) is 3.64. The molecule has 6 nitrogen and oxygen atoms in total. The van der Waals surface area contributed by atoms with Gasteiger partial charge in [0, 0.05) is 24.3 Å². The van der Waals surface area contributed by atoms with E-state index in [1.807, 2.05) is 0 Å². The third-order valence-electron chi connectivity index (χ3n) is 3.64. The standard InChI is InChI=1S/C13H13F2N3O.C2HF3O2/c14-10-2-1-9(7-11(10)15)12-17-13(19-18-12)8-3-5-16-6-4-8;3-2(4,5)1(6)7/h1-2,7-8,16H,3-6H2;(H,6,7). The molecule has 2 aromatic rings. The number of aliphatic carboxylic acids is 1. The zero-order valence-corrected chi connectivity index (χ0v) is 13.2. The lowest BCUT2D eigenvalue weighted by Gasteiger charge is -2.15. The number of halogens is 5. The minimum absolute atomic E-state index is 0.275. The van der Waals surface area contributed by atoms with Gasteiger partial charge in [0.25, 0.3) is 0 Å². The van der Waals surface area contributed by atoms with E-state index in [1.165, 1.54) is 6.07 Å². The van der Waals surface area contributed by atoms with Gasteiger partial charge in [0.15, 0.2) is 11.6 Å². The summed E-state index contributed by atoms with van der Waals surface area (Å²) in [6, 6.07) is 3.59. The van der Waals surface area contributed by atoms with Crippen molar-refractivity contribution in [1.29, 1.82) is 0 Å². The quantitative estimate of drug-likeness (QED) is 0.777. The first kappa shape index (κ1) is 19.8. The Morgan fingerprint density at radius 2 is 1.81 bits per heavy atom. The van der Waals surface area contributed by atoms with Crippen LogP contribution in [-0.4, -0.2) is 35.4 Å². The molecule has 1 aliphatic heterocycles. The Hall–Kier alpha value is -2.56. The van der Waals surface area contributed by atoms with E-state index in [1.54, 1.807) is 0 Å². The minimum Gasteiger partial charge on any atom is -0.542 e. The molecule has 2 N–H and O–H groups in total. The van der Waals surface area contributed by atoms with E-state index in [0.717, 1.165) is 38.1 Å². The van der Waals surface area contributed by atoms with Crippen molar-refractivity contribution in [1.82, 2.24) is 10.1 Å². The Labute approximate surface area is 144 Å². The van der Waals surface area contributed by atoms with Crippen LogP contribution in [0.2, 0.25) is 0 Å². The van der Waals surface area contributed by atoms with Gasteiger partial charge in [0.2, 0.25) is 11.7 Å². The fraction of sp³-hybridized carbons (Fsp3) is 0.400. The van der Waals surface area contributed by atoms with E-state index in [4.69, 9.17) is 14.4 Å². The van der Waals surface area contributed by atoms with Crippen molar-refractivity contribution in [3.8, 4) is 11.4 Å². The summed E-state index contributed by atoms with van der Waals surface area (Å²) in [6.45, 7) is 2.10. The number of quaternary nitrogens is 1. The van der Waals surface area contributed by atoms with Crippen molar-refractivity contribution < 1.29 is 41.7 Å². The fourth-order valence-electron chi connectivity index (χ4n) is 2.33. The van der Waals surface area contributed by atoms with Crippen molar-refractivity contribution in [2.24, 2.45) is 0 Å². The smallest absolute Gasteiger partial charge is 0.430 e. The van der Waals surface area contributed by atoms with Gasteiger partial charge in [-0.3, -0.25) is 0 Å². The number of nitrogens with zero attached hydrogens (tertiary/aromatic N) is 2. The summed E-state index contributed by atoms with van der Waals surface area (Å²) in [7, 11) is 0. The number of piperidine rings is 1. The van der Waals surface area contributed by atoms with Crippen LogP contribution in [0.4, 0.5) is 22.0 Å². The number of carbonyl (C=O) groups excluding carboxylic acids is 1. The molecule has 0 aliphatic carbocycles. The van der Waals surface area contributed by atoms with Gasteiger partial charge in [0.1, 0.15) is 5.97 Å². The maximum absolute atomic E-state index is 13.2. The molecule has 142 valence electrons. The molecule has 0 unspecified atom stereocenters. The van der Waals surface area contributed by atoms with Gasteiger partial charge in [-0.25, -0.2) is 8.78 Å². The average Bonchev–Trinajstić information content (AvgIpc) is 3.08. The number of hydrogen-bond donors (Lipinski definition) is 1. The van der Waals surface area contributed by atoms with Crippen LogP contribution in [0.1, 0.15) is 24.7 Å². The molecule has 1 aromatic carbocycles. The number of nitrogens with two attached hydrogens (primary N) is 1. The molecule has 0 radical (unpaired) electrons. The van der Waals surface area contributed by atoms with Crippen LogP contribution in [0, 0.1) is 11.6 Å². The third kappa shape index (κ3) is 5.22. The van der Waals surface area contributed by atoms with Crippen LogP contribution < -0.4 is 10.4 Å². The molecule has 26 heavy (non-hydrogen) atoms. The second-order valence-electron chi connectivity index (χ2n) is 5.51. The van der Waals surface area contributed by atoms with Crippen LogP contribution in [0.25, 0.3) is 11.4 Å². The van der Waals surface area contributed by atoms with Crippen molar-refractivity contribution >= 4 is 5.97 Å². The average molecular weight is 379 g/mol. The maximum atomic E-state index is 13.2. The van der Waals surface area contributed by atoms with E-state index in [9.17, 15) is 22.0 Å². The molecule has 0 saturated carbocycles. The first-order chi connectivity index (χ1) is 12.2. The first-order valence-electron chi connectivity index (χ1n) is 7.57. The van der Waals surface area contributed by atoms with Crippen LogP contribution in [0.5, 0.6) is 0 Å². The summed E-state index contributed by atoms with van der Waals surface area (Å²) < 4.78 is 62.8. The Balaban J connectivity index is 0.000000298. The molecule has 2 heterocycles. The number of carbonyl (C=O) groups is 1. The van der Waals surface area contributed by atoms with Crippen molar-refractivity contribution in [2.45, 2.75) is 24.9 Å². The zero-order valence-electron chi connectivity index (χ0n) is 13.2. The molecular weight excluding hydrogens is 365 g/mol. The van der Waals surface area contributed by atoms with Crippen LogP contribution >= 0.6 is 0 Å². The number of carboxylic acids is 1. The SMILES string of the molecule is Fc1ccc(-c2noc(C3CC[NH2+]CC3)n2)cc1F.O=C([O-])C(F)(F)F. The normalized spacial score (nSPS) is 15.3. The second-order valence-corrected chi connectivity index (χ2v) is 5.51. The number of alkyl halides is 3. The fourth-order valence-corrected chi connectivity index (χ4v) is 2.33. The molecular formula is C15H14F5N3O3. The molecule has 1 aromatic heterocycles. The number of carboxylic acid groups (broad SMARTS) is 1. The van der Waals surface area contributed by atoms with Gasteiger partial charge >= 0.3 is 6.18 Å². The number of hydrogen-bond acceptors (Lipinski definition) is 5.